The lowest BCUT2D eigenvalue weighted by Gasteiger charge is -1.92. The summed E-state index contributed by atoms with van der Waals surface area (Å²) in [6.07, 6.45) is 4.24. The van der Waals surface area contributed by atoms with Crippen LogP contribution in [0.4, 0.5) is 11.4 Å². The maximum absolute atomic E-state index is 10.1. The molecule has 0 saturated carbocycles. The normalized spacial score (nSPS) is 10.7. The van der Waals surface area contributed by atoms with E-state index in [4.69, 9.17) is 13.3 Å². The highest BCUT2D eigenvalue weighted by Crippen LogP contribution is 2.16. The summed E-state index contributed by atoms with van der Waals surface area (Å²) < 4.78 is 24.1. The molecule has 0 aliphatic carbocycles. The van der Waals surface area contributed by atoms with Gasteiger partial charge in [-0.25, -0.2) is 4.21 Å². The summed E-state index contributed by atoms with van der Waals surface area (Å²) in [5.74, 6) is 0. The third kappa shape index (κ3) is 10.6. The summed E-state index contributed by atoms with van der Waals surface area (Å²) in [5, 5.41) is 20.2. The van der Waals surface area contributed by atoms with Crippen molar-refractivity contribution in [1.29, 1.82) is 0 Å². The Balaban J connectivity index is 0.000000258. The van der Waals surface area contributed by atoms with E-state index in [9.17, 15) is 20.2 Å². The fourth-order valence-corrected chi connectivity index (χ4v) is 2.02. The maximum Gasteiger partial charge on any atom is 0.269 e. The van der Waals surface area contributed by atoms with Gasteiger partial charge in [-0.1, -0.05) is 72.8 Å². The van der Waals surface area contributed by atoms with Gasteiger partial charge in [-0.05, 0) is 11.1 Å². The Labute approximate surface area is 174 Å². The zero-order valence-electron chi connectivity index (χ0n) is 15.4. The van der Waals surface area contributed by atoms with Crippen molar-refractivity contribution in [2.75, 3.05) is 0 Å². The quantitative estimate of drug-likeness (QED) is 0.274. The van der Waals surface area contributed by atoms with E-state index < -0.39 is 21.2 Å². The average Bonchev–Trinajstić information content (AvgIpc) is 2.74. The molecule has 0 aromatic heterocycles. The highest BCUT2D eigenvalue weighted by molar-refractivity contribution is 7.73. The van der Waals surface area contributed by atoms with Crippen LogP contribution in [0.25, 0.3) is 12.2 Å². The highest BCUT2D eigenvalue weighted by atomic mass is 32.2. The average molecular weight is 429 g/mol. The number of non-ortho nitro benzene ring substituents is 2. The molecule has 3 aromatic rings. The van der Waals surface area contributed by atoms with Crippen molar-refractivity contribution < 1.29 is 23.2 Å². The summed E-state index contributed by atoms with van der Waals surface area (Å²) in [5.41, 5.74) is 2.16. The Kier molecular flexibility index (Phi) is 10.9. The molecule has 1 N–H and O–H groups in total. The van der Waals surface area contributed by atoms with Gasteiger partial charge in [-0.3, -0.25) is 20.2 Å². The molecule has 1 atom stereocenters. The van der Waals surface area contributed by atoms with E-state index in [0.29, 0.717) is 0 Å². The van der Waals surface area contributed by atoms with Crippen molar-refractivity contribution in [2.24, 2.45) is 0 Å². The van der Waals surface area contributed by atoms with Crippen LogP contribution >= 0.6 is 0 Å². The summed E-state index contributed by atoms with van der Waals surface area (Å²) >= 11 is -2.86. The minimum absolute atomic E-state index is 0.152. The second-order valence-electron chi connectivity index (χ2n) is 5.40. The Hall–Kier alpha value is -3.73. The summed E-state index contributed by atoms with van der Waals surface area (Å²) in [4.78, 5) is 19.0. The number of hydrogen-bond donors (Lipinski definition) is 1. The molecule has 10 heteroatoms. The van der Waals surface area contributed by atoms with Crippen molar-refractivity contribution >= 4 is 34.9 Å². The molecule has 0 fully saturated rings. The van der Waals surface area contributed by atoms with Crippen LogP contribution in [-0.2, 0) is 11.4 Å². The number of nitrogens with zero attached hydrogens (tertiary/aromatic N) is 2. The van der Waals surface area contributed by atoms with E-state index in [1.807, 2.05) is 36.4 Å². The minimum atomic E-state index is -2.86. The molecule has 0 amide bonds. The molecule has 0 saturated heterocycles. The molecule has 0 aliphatic rings. The van der Waals surface area contributed by atoms with E-state index in [2.05, 4.69) is 36.4 Å². The van der Waals surface area contributed by atoms with Gasteiger partial charge in [-0.2, -0.15) is 0 Å². The molecule has 30 heavy (non-hydrogen) atoms. The van der Waals surface area contributed by atoms with Crippen LogP contribution in [0.15, 0.2) is 84.9 Å². The van der Waals surface area contributed by atoms with E-state index >= 15 is 0 Å². The van der Waals surface area contributed by atoms with Crippen LogP contribution in [0, 0.1) is 20.2 Å². The van der Waals surface area contributed by atoms with Crippen LogP contribution in [0.2, 0.25) is 0 Å². The maximum atomic E-state index is 10.1. The molecule has 0 spiro atoms. The highest BCUT2D eigenvalue weighted by Gasteiger charge is 2.08. The van der Waals surface area contributed by atoms with Crippen LogP contribution in [0.5, 0.6) is 0 Å². The fraction of sp³-hybridized carbons (Fsp3) is 0. The van der Waals surface area contributed by atoms with Gasteiger partial charge in [0.2, 0.25) is 0 Å². The second kappa shape index (κ2) is 13.4. The van der Waals surface area contributed by atoms with E-state index in [1.165, 1.54) is 11.1 Å². The second-order valence-corrected chi connectivity index (χ2v) is 5.84. The first-order valence-electron chi connectivity index (χ1n) is 8.25. The molecule has 1 unspecified atom stereocenters. The van der Waals surface area contributed by atoms with Crippen molar-refractivity contribution in [3.63, 3.8) is 0 Å². The van der Waals surface area contributed by atoms with Crippen LogP contribution < -0.4 is 0 Å². The predicted molar refractivity (Wildman–Crippen MR) is 113 cm³/mol. The monoisotopic (exact) mass is 429 g/mol. The lowest BCUT2D eigenvalue weighted by molar-refractivity contribution is -0.389. The van der Waals surface area contributed by atoms with Gasteiger partial charge >= 0.3 is 0 Å². The number of hydrogen-bond acceptors (Lipinski definition) is 6. The third-order valence-corrected chi connectivity index (χ3v) is 3.34. The number of nitro benzene ring substituents is 2. The molecule has 9 nitrogen and oxygen atoms in total. The predicted octanol–water partition coefficient (Wildman–Crippen LogP) is 4.70. The van der Waals surface area contributed by atoms with Crippen LogP contribution in [-0.4, -0.2) is 23.2 Å². The smallest absolute Gasteiger partial charge is 0.269 e. The zero-order chi connectivity index (χ0) is 22.4. The van der Waals surface area contributed by atoms with E-state index in [1.54, 1.807) is 0 Å². The largest absolute Gasteiger partial charge is 0.750 e. The first kappa shape index (κ1) is 24.3. The Morgan fingerprint density at radius 3 is 1.17 bits per heavy atom. The fourth-order valence-electron chi connectivity index (χ4n) is 2.02. The topological polar surface area (TPSA) is 147 Å². The lowest BCUT2D eigenvalue weighted by Crippen LogP contribution is -1.90. The van der Waals surface area contributed by atoms with Crippen molar-refractivity contribution in [1.82, 2.24) is 0 Å². The van der Waals surface area contributed by atoms with E-state index in [-0.39, 0.29) is 11.4 Å². The Morgan fingerprint density at radius 2 is 0.933 bits per heavy atom. The first-order chi connectivity index (χ1) is 14.3. The number of nitro groups is 2. The molecule has 3 aromatic carbocycles. The van der Waals surface area contributed by atoms with Gasteiger partial charge in [0.1, 0.15) is 0 Å². The Morgan fingerprint density at radius 1 is 0.667 bits per heavy atom. The standard InChI is InChI=1S/C14H12.C6H4N2O4.H2O3S/c1-3-7-13(8-4-1)11-12-14-9-5-2-6-10-14;9-7(10)5-1-2-6(4-3-5)8(11)12;1-4(2)3/h1-12H;1-4H;(H2,1,2,3)/p-1. The first-order valence-corrected chi connectivity index (χ1v) is 9.28. The Bertz CT molecular complexity index is 901. The number of rotatable bonds is 4. The number of benzene rings is 3. The van der Waals surface area contributed by atoms with Crippen LogP contribution in [0.3, 0.4) is 0 Å². The van der Waals surface area contributed by atoms with Gasteiger partial charge in [0.05, 0.1) is 21.2 Å². The zero-order valence-corrected chi connectivity index (χ0v) is 16.3. The van der Waals surface area contributed by atoms with Gasteiger partial charge in [-0.15, -0.1) is 0 Å². The van der Waals surface area contributed by atoms with E-state index in [0.717, 1.165) is 24.3 Å². The molecule has 0 radical (unpaired) electrons. The van der Waals surface area contributed by atoms with Gasteiger partial charge in [0.25, 0.3) is 11.4 Å². The van der Waals surface area contributed by atoms with Crippen molar-refractivity contribution in [2.45, 2.75) is 0 Å². The summed E-state index contributed by atoms with van der Waals surface area (Å²) in [6.45, 7) is 0. The summed E-state index contributed by atoms with van der Waals surface area (Å²) in [7, 11) is 0. The molecule has 156 valence electrons. The van der Waals surface area contributed by atoms with Crippen molar-refractivity contribution in [3.8, 4) is 0 Å². The lowest BCUT2D eigenvalue weighted by atomic mass is 10.1. The molecular formula is C20H17N2O7S-. The van der Waals surface area contributed by atoms with Gasteiger partial charge < -0.3 is 9.11 Å². The van der Waals surface area contributed by atoms with Crippen LogP contribution in [0.1, 0.15) is 11.1 Å². The molecule has 0 heterocycles. The summed E-state index contributed by atoms with van der Waals surface area (Å²) in [6, 6.07) is 25.0. The third-order valence-electron chi connectivity index (χ3n) is 3.34. The minimum Gasteiger partial charge on any atom is -0.750 e. The molecule has 0 bridgehead atoms. The van der Waals surface area contributed by atoms with Crippen molar-refractivity contribution in [3.05, 3.63) is 116 Å². The van der Waals surface area contributed by atoms with Gasteiger partial charge in [0.15, 0.2) is 0 Å². The molecule has 3 rings (SSSR count). The molecular weight excluding hydrogens is 412 g/mol. The molecule has 0 aliphatic heterocycles. The SMILES string of the molecule is C(=Cc1ccccc1)c1ccccc1.O=S([O-])O.O=[N+]([O-])c1ccc([N+](=O)[O-])cc1. The van der Waals surface area contributed by atoms with Gasteiger partial charge in [0, 0.05) is 24.3 Å².